The highest BCUT2D eigenvalue weighted by Crippen LogP contribution is 2.16. The molecular weight excluding hydrogens is 260 g/mol. The van der Waals surface area contributed by atoms with Gasteiger partial charge in [-0.05, 0) is 18.6 Å². The lowest BCUT2D eigenvalue weighted by atomic mass is 9.98. The van der Waals surface area contributed by atoms with E-state index in [2.05, 4.69) is 22.8 Å². The standard InChI is InChI=1S/C14H18N2O2S/c17-13-7-6-11(10-16-13)14(18)15-8-9-19-12-4-2-1-3-5-12/h1-5,11H,6-10H2,(H,15,18)(H,16,17). The second-order valence-electron chi connectivity index (χ2n) is 4.49. The molecule has 0 bridgehead atoms. The lowest BCUT2D eigenvalue weighted by molar-refractivity contribution is -0.128. The van der Waals surface area contributed by atoms with Crippen LogP contribution in [0.4, 0.5) is 0 Å². The van der Waals surface area contributed by atoms with Gasteiger partial charge in [-0.3, -0.25) is 9.59 Å². The van der Waals surface area contributed by atoms with Gasteiger partial charge in [-0.25, -0.2) is 0 Å². The first kappa shape index (κ1) is 13.9. The van der Waals surface area contributed by atoms with Crippen LogP contribution in [0, 0.1) is 5.92 Å². The van der Waals surface area contributed by atoms with Crippen LogP contribution in [0.25, 0.3) is 0 Å². The van der Waals surface area contributed by atoms with Gasteiger partial charge in [-0.1, -0.05) is 18.2 Å². The van der Waals surface area contributed by atoms with Gasteiger partial charge in [0.05, 0.1) is 5.92 Å². The minimum atomic E-state index is -0.0700. The van der Waals surface area contributed by atoms with Crippen LogP contribution in [0.1, 0.15) is 12.8 Å². The number of carbonyl (C=O) groups excluding carboxylic acids is 2. The minimum absolute atomic E-state index is 0.0451. The minimum Gasteiger partial charge on any atom is -0.355 e. The number of rotatable bonds is 5. The summed E-state index contributed by atoms with van der Waals surface area (Å²) in [5, 5.41) is 5.65. The molecule has 1 saturated heterocycles. The maximum absolute atomic E-state index is 11.8. The van der Waals surface area contributed by atoms with Gasteiger partial charge < -0.3 is 10.6 Å². The molecule has 0 aromatic heterocycles. The number of nitrogens with one attached hydrogen (secondary N) is 2. The summed E-state index contributed by atoms with van der Waals surface area (Å²) in [7, 11) is 0. The fourth-order valence-corrected chi connectivity index (χ4v) is 2.75. The number of piperidine rings is 1. The molecule has 1 unspecified atom stereocenters. The largest absolute Gasteiger partial charge is 0.355 e. The Kier molecular flexibility index (Phi) is 5.27. The molecular formula is C14H18N2O2S. The van der Waals surface area contributed by atoms with Crippen molar-refractivity contribution in [1.29, 1.82) is 0 Å². The maximum atomic E-state index is 11.8. The number of benzene rings is 1. The molecule has 0 saturated carbocycles. The highest BCUT2D eigenvalue weighted by Gasteiger charge is 2.23. The zero-order valence-electron chi connectivity index (χ0n) is 10.7. The topological polar surface area (TPSA) is 58.2 Å². The summed E-state index contributed by atoms with van der Waals surface area (Å²) in [5.74, 6) is 0.881. The van der Waals surface area contributed by atoms with Crippen LogP contribution in [-0.4, -0.2) is 30.7 Å². The van der Waals surface area contributed by atoms with E-state index in [0.717, 1.165) is 5.75 Å². The molecule has 19 heavy (non-hydrogen) atoms. The number of carbonyl (C=O) groups is 2. The van der Waals surface area contributed by atoms with Gasteiger partial charge in [0.1, 0.15) is 0 Å². The molecule has 0 radical (unpaired) electrons. The molecule has 1 atom stereocenters. The van der Waals surface area contributed by atoms with E-state index >= 15 is 0 Å². The fraction of sp³-hybridized carbons (Fsp3) is 0.429. The Morgan fingerprint density at radius 1 is 1.37 bits per heavy atom. The van der Waals surface area contributed by atoms with Gasteiger partial charge >= 0.3 is 0 Å². The van der Waals surface area contributed by atoms with E-state index in [0.29, 0.717) is 25.9 Å². The molecule has 2 N–H and O–H groups in total. The Labute approximate surface area is 117 Å². The number of amides is 2. The van der Waals surface area contributed by atoms with Crippen molar-refractivity contribution in [2.75, 3.05) is 18.8 Å². The molecule has 1 fully saturated rings. The van der Waals surface area contributed by atoms with Crippen LogP contribution >= 0.6 is 11.8 Å². The fourth-order valence-electron chi connectivity index (χ4n) is 1.96. The summed E-state index contributed by atoms with van der Waals surface area (Å²) in [6.07, 6.45) is 1.11. The van der Waals surface area contributed by atoms with Crippen LogP contribution in [0.3, 0.4) is 0 Å². The second-order valence-corrected chi connectivity index (χ2v) is 5.66. The van der Waals surface area contributed by atoms with Crippen molar-refractivity contribution in [3.05, 3.63) is 30.3 Å². The predicted molar refractivity (Wildman–Crippen MR) is 75.9 cm³/mol. The van der Waals surface area contributed by atoms with Crippen LogP contribution < -0.4 is 10.6 Å². The Morgan fingerprint density at radius 2 is 2.16 bits per heavy atom. The normalized spacial score (nSPS) is 18.7. The Balaban J connectivity index is 1.63. The van der Waals surface area contributed by atoms with E-state index < -0.39 is 0 Å². The SMILES string of the molecule is O=C1CCC(C(=O)NCCSc2ccccc2)CN1. The van der Waals surface area contributed by atoms with Crippen LogP contribution in [-0.2, 0) is 9.59 Å². The lowest BCUT2D eigenvalue weighted by Crippen LogP contribution is -2.43. The third-order valence-electron chi connectivity index (χ3n) is 3.05. The van der Waals surface area contributed by atoms with E-state index in [-0.39, 0.29) is 17.7 Å². The van der Waals surface area contributed by atoms with Gasteiger partial charge in [0.25, 0.3) is 0 Å². The van der Waals surface area contributed by atoms with Crippen LogP contribution in [0.15, 0.2) is 35.2 Å². The van der Waals surface area contributed by atoms with Gasteiger partial charge in [-0.2, -0.15) is 0 Å². The molecule has 1 aliphatic heterocycles. The third-order valence-corrected chi connectivity index (χ3v) is 4.06. The van der Waals surface area contributed by atoms with Crippen molar-refractivity contribution in [2.24, 2.45) is 5.92 Å². The third kappa shape index (κ3) is 4.59. The molecule has 0 spiro atoms. The summed E-state index contributed by atoms with van der Waals surface area (Å²) in [5.41, 5.74) is 0. The smallest absolute Gasteiger partial charge is 0.224 e. The quantitative estimate of drug-likeness (QED) is 0.632. The summed E-state index contributed by atoms with van der Waals surface area (Å²) in [4.78, 5) is 24.1. The van der Waals surface area contributed by atoms with E-state index in [4.69, 9.17) is 0 Å². The maximum Gasteiger partial charge on any atom is 0.224 e. The molecule has 1 aromatic carbocycles. The van der Waals surface area contributed by atoms with Crippen molar-refractivity contribution in [2.45, 2.75) is 17.7 Å². The Morgan fingerprint density at radius 3 is 2.84 bits per heavy atom. The van der Waals surface area contributed by atoms with Crippen molar-refractivity contribution >= 4 is 23.6 Å². The molecule has 102 valence electrons. The van der Waals surface area contributed by atoms with Gasteiger partial charge in [0.2, 0.25) is 11.8 Å². The van der Waals surface area contributed by atoms with E-state index in [1.54, 1.807) is 11.8 Å². The molecule has 2 amide bonds. The molecule has 4 nitrogen and oxygen atoms in total. The molecule has 5 heteroatoms. The summed E-state index contributed by atoms with van der Waals surface area (Å²) >= 11 is 1.72. The summed E-state index contributed by atoms with van der Waals surface area (Å²) in [6, 6.07) is 10.1. The first-order valence-electron chi connectivity index (χ1n) is 6.48. The number of hydrogen-bond donors (Lipinski definition) is 2. The van der Waals surface area contributed by atoms with E-state index in [1.165, 1.54) is 4.90 Å². The average Bonchev–Trinajstić information content (AvgIpc) is 2.45. The average molecular weight is 278 g/mol. The highest BCUT2D eigenvalue weighted by atomic mass is 32.2. The van der Waals surface area contributed by atoms with Gasteiger partial charge in [0, 0.05) is 30.2 Å². The Bertz CT molecular complexity index is 426. The van der Waals surface area contributed by atoms with Crippen molar-refractivity contribution in [1.82, 2.24) is 10.6 Å². The van der Waals surface area contributed by atoms with Gasteiger partial charge in [-0.15, -0.1) is 11.8 Å². The van der Waals surface area contributed by atoms with Crippen molar-refractivity contribution < 1.29 is 9.59 Å². The molecule has 2 rings (SSSR count). The first-order valence-corrected chi connectivity index (χ1v) is 7.46. The second kappa shape index (κ2) is 7.19. The zero-order chi connectivity index (χ0) is 13.5. The predicted octanol–water partition coefficient (Wildman–Crippen LogP) is 1.42. The number of thioether (sulfide) groups is 1. The molecule has 1 aromatic rings. The monoisotopic (exact) mass is 278 g/mol. The Hall–Kier alpha value is -1.49. The summed E-state index contributed by atoms with van der Waals surface area (Å²) in [6.45, 7) is 1.12. The highest BCUT2D eigenvalue weighted by molar-refractivity contribution is 7.99. The summed E-state index contributed by atoms with van der Waals surface area (Å²) < 4.78 is 0. The molecule has 0 aliphatic carbocycles. The van der Waals surface area contributed by atoms with Crippen molar-refractivity contribution in [3.8, 4) is 0 Å². The van der Waals surface area contributed by atoms with Crippen LogP contribution in [0.2, 0.25) is 0 Å². The molecule has 1 aliphatic rings. The first-order chi connectivity index (χ1) is 9.25. The molecule has 1 heterocycles. The van der Waals surface area contributed by atoms with Crippen molar-refractivity contribution in [3.63, 3.8) is 0 Å². The van der Waals surface area contributed by atoms with E-state index in [1.807, 2.05) is 18.2 Å². The number of hydrogen-bond acceptors (Lipinski definition) is 3. The van der Waals surface area contributed by atoms with Gasteiger partial charge in [0.15, 0.2) is 0 Å². The zero-order valence-corrected chi connectivity index (χ0v) is 11.5. The van der Waals surface area contributed by atoms with Crippen LogP contribution in [0.5, 0.6) is 0 Å². The van der Waals surface area contributed by atoms with E-state index in [9.17, 15) is 9.59 Å². The lowest BCUT2D eigenvalue weighted by Gasteiger charge is -2.21.